The number of nitro groups is 1. The van der Waals surface area contributed by atoms with Crippen molar-refractivity contribution in [2.75, 3.05) is 0 Å². The highest BCUT2D eigenvalue weighted by atomic mass is 16.6. The summed E-state index contributed by atoms with van der Waals surface area (Å²) >= 11 is 0. The monoisotopic (exact) mass is 338 g/mol. The topological polar surface area (TPSA) is 48.1 Å². The van der Waals surface area contributed by atoms with Crippen molar-refractivity contribution in [2.24, 2.45) is 0 Å². The maximum absolute atomic E-state index is 11.5. The van der Waals surface area contributed by atoms with Crippen LogP contribution in [0, 0.1) is 22.0 Å². The van der Waals surface area contributed by atoms with Crippen molar-refractivity contribution in [3.05, 3.63) is 106 Å². The van der Waals surface area contributed by atoms with E-state index in [4.69, 9.17) is 0 Å². The Hall–Kier alpha value is -3.84. The summed E-state index contributed by atoms with van der Waals surface area (Å²) in [5.74, 6) is 6.31. The van der Waals surface area contributed by atoms with E-state index in [0.29, 0.717) is 11.4 Å². The van der Waals surface area contributed by atoms with Gasteiger partial charge in [-0.05, 0) is 36.3 Å². The van der Waals surface area contributed by atoms with Gasteiger partial charge in [-0.1, -0.05) is 54.5 Å². The third-order valence-electron chi connectivity index (χ3n) is 4.14. The molecule has 4 aromatic rings. The highest BCUT2D eigenvalue weighted by Gasteiger charge is 2.18. The van der Waals surface area contributed by atoms with Crippen LogP contribution in [0.15, 0.2) is 84.9 Å². The Labute approximate surface area is 150 Å². The summed E-state index contributed by atoms with van der Waals surface area (Å²) < 4.78 is 1.85. The van der Waals surface area contributed by atoms with Crippen LogP contribution in [0.1, 0.15) is 11.3 Å². The highest BCUT2D eigenvalue weighted by Crippen LogP contribution is 2.29. The summed E-state index contributed by atoms with van der Waals surface area (Å²) in [5, 5.41) is 12.5. The van der Waals surface area contributed by atoms with Crippen LogP contribution < -0.4 is 0 Å². The number of benzene rings is 3. The molecule has 0 spiro atoms. The number of para-hydroxylation sites is 3. The number of rotatable bonds is 2. The summed E-state index contributed by atoms with van der Waals surface area (Å²) in [5.41, 5.74) is 3.06. The van der Waals surface area contributed by atoms with E-state index in [1.54, 1.807) is 18.2 Å². The Kier molecular flexibility index (Phi) is 3.97. The Morgan fingerprint density at radius 2 is 1.50 bits per heavy atom. The van der Waals surface area contributed by atoms with Gasteiger partial charge >= 0.3 is 0 Å². The van der Waals surface area contributed by atoms with Crippen molar-refractivity contribution in [2.45, 2.75) is 0 Å². The van der Waals surface area contributed by atoms with Crippen molar-refractivity contribution in [3.8, 4) is 17.5 Å². The summed E-state index contributed by atoms with van der Waals surface area (Å²) in [4.78, 5) is 11.1. The molecule has 4 rings (SSSR count). The molecule has 0 aliphatic heterocycles. The standard InChI is InChI=1S/C22H14N2O2/c25-24(26)22-13-7-6-12-21(22)23-19(15-14-17-8-2-1-3-9-17)16-18-10-4-5-11-20(18)23/h1-13,16H. The largest absolute Gasteiger partial charge is 0.296 e. The first-order chi connectivity index (χ1) is 12.7. The molecule has 4 nitrogen and oxygen atoms in total. The fraction of sp³-hybridized carbons (Fsp3) is 0. The molecule has 4 heteroatoms. The zero-order valence-electron chi connectivity index (χ0n) is 13.8. The van der Waals surface area contributed by atoms with E-state index in [0.717, 1.165) is 16.5 Å². The molecule has 3 aromatic carbocycles. The van der Waals surface area contributed by atoms with Crippen molar-refractivity contribution < 1.29 is 4.92 Å². The maximum Gasteiger partial charge on any atom is 0.293 e. The van der Waals surface area contributed by atoms with Crippen molar-refractivity contribution in [3.63, 3.8) is 0 Å². The van der Waals surface area contributed by atoms with Crippen LogP contribution in [0.3, 0.4) is 0 Å². The molecule has 26 heavy (non-hydrogen) atoms. The number of nitrogens with zero attached hydrogens (tertiary/aromatic N) is 2. The van der Waals surface area contributed by atoms with Crippen LogP contribution in [0.4, 0.5) is 5.69 Å². The molecule has 0 aliphatic carbocycles. The Balaban J connectivity index is 1.97. The summed E-state index contributed by atoms with van der Waals surface area (Å²) in [7, 11) is 0. The van der Waals surface area contributed by atoms with E-state index >= 15 is 0 Å². The van der Waals surface area contributed by atoms with Gasteiger partial charge in [0.25, 0.3) is 5.69 Å². The van der Waals surface area contributed by atoms with Gasteiger partial charge in [-0.2, -0.15) is 0 Å². The molecule has 0 N–H and O–H groups in total. The Bertz CT molecular complexity index is 1160. The van der Waals surface area contributed by atoms with Gasteiger partial charge in [0.2, 0.25) is 0 Å². The molecule has 0 radical (unpaired) electrons. The molecular weight excluding hydrogens is 324 g/mol. The van der Waals surface area contributed by atoms with Gasteiger partial charge in [-0.15, -0.1) is 0 Å². The maximum atomic E-state index is 11.5. The lowest BCUT2D eigenvalue weighted by atomic mass is 10.2. The average Bonchev–Trinajstić information content (AvgIpc) is 3.05. The second kappa shape index (κ2) is 6.58. The van der Waals surface area contributed by atoms with Gasteiger partial charge in [0.15, 0.2) is 0 Å². The summed E-state index contributed by atoms with van der Waals surface area (Å²) in [6.07, 6.45) is 0. The van der Waals surface area contributed by atoms with Crippen molar-refractivity contribution in [1.82, 2.24) is 4.57 Å². The fourth-order valence-electron chi connectivity index (χ4n) is 2.97. The Morgan fingerprint density at radius 1 is 0.808 bits per heavy atom. The molecule has 0 unspecified atom stereocenters. The van der Waals surface area contributed by atoms with E-state index < -0.39 is 0 Å². The van der Waals surface area contributed by atoms with Crippen LogP contribution in [0.5, 0.6) is 0 Å². The lowest BCUT2D eigenvalue weighted by molar-refractivity contribution is -0.384. The molecule has 124 valence electrons. The summed E-state index contributed by atoms with van der Waals surface area (Å²) in [6.45, 7) is 0. The van der Waals surface area contributed by atoms with Gasteiger partial charge in [0, 0.05) is 17.0 Å². The smallest absolute Gasteiger partial charge is 0.293 e. The number of fused-ring (bicyclic) bond motifs is 1. The normalized spacial score (nSPS) is 10.3. The molecule has 0 saturated heterocycles. The van der Waals surface area contributed by atoms with E-state index in [1.165, 1.54) is 6.07 Å². The average molecular weight is 338 g/mol. The number of hydrogen-bond donors (Lipinski definition) is 0. The minimum Gasteiger partial charge on any atom is -0.296 e. The molecule has 0 saturated carbocycles. The molecule has 0 aliphatic rings. The lowest BCUT2D eigenvalue weighted by Crippen LogP contribution is -2.01. The van der Waals surface area contributed by atoms with Gasteiger partial charge < -0.3 is 0 Å². The Morgan fingerprint density at radius 3 is 2.31 bits per heavy atom. The van der Waals surface area contributed by atoms with Crippen molar-refractivity contribution in [1.29, 1.82) is 0 Å². The van der Waals surface area contributed by atoms with E-state index in [9.17, 15) is 10.1 Å². The van der Waals surface area contributed by atoms with Crippen LogP contribution in [0.25, 0.3) is 16.6 Å². The first kappa shape index (κ1) is 15.7. The third kappa shape index (κ3) is 2.83. The minimum atomic E-state index is -0.363. The number of hydrogen-bond acceptors (Lipinski definition) is 2. The molecule has 1 aromatic heterocycles. The van der Waals surface area contributed by atoms with Crippen LogP contribution >= 0.6 is 0 Å². The molecule has 0 atom stereocenters. The predicted octanol–water partition coefficient (Wildman–Crippen LogP) is 4.94. The van der Waals surface area contributed by atoms with Gasteiger partial charge in [-0.25, -0.2) is 0 Å². The van der Waals surface area contributed by atoms with Crippen LogP contribution in [-0.4, -0.2) is 9.49 Å². The molecule has 1 heterocycles. The molecule has 0 amide bonds. The number of nitro benzene ring substituents is 1. The first-order valence-corrected chi connectivity index (χ1v) is 8.15. The molecule has 0 bridgehead atoms. The predicted molar refractivity (Wildman–Crippen MR) is 102 cm³/mol. The second-order valence-corrected chi connectivity index (χ2v) is 5.79. The van der Waals surface area contributed by atoms with E-state index in [1.807, 2.05) is 65.2 Å². The first-order valence-electron chi connectivity index (χ1n) is 8.15. The lowest BCUT2D eigenvalue weighted by Gasteiger charge is -2.08. The van der Waals surface area contributed by atoms with Gasteiger partial charge in [0.1, 0.15) is 5.69 Å². The quantitative estimate of drug-likeness (QED) is 0.295. The van der Waals surface area contributed by atoms with Crippen LogP contribution in [-0.2, 0) is 0 Å². The van der Waals surface area contributed by atoms with Gasteiger partial charge in [-0.3, -0.25) is 14.7 Å². The fourth-order valence-corrected chi connectivity index (χ4v) is 2.97. The zero-order chi connectivity index (χ0) is 17.9. The minimum absolute atomic E-state index is 0.0524. The zero-order valence-corrected chi connectivity index (χ0v) is 13.8. The highest BCUT2D eigenvalue weighted by molar-refractivity contribution is 5.85. The van der Waals surface area contributed by atoms with Gasteiger partial charge in [0.05, 0.1) is 16.1 Å². The number of aromatic nitrogens is 1. The van der Waals surface area contributed by atoms with Crippen LogP contribution in [0.2, 0.25) is 0 Å². The third-order valence-corrected chi connectivity index (χ3v) is 4.14. The SMILES string of the molecule is O=[N+]([O-])c1ccccc1-n1c(C#Cc2ccccc2)cc2ccccc21. The second-order valence-electron chi connectivity index (χ2n) is 5.79. The summed E-state index contributed by atoms with van der Waals surface area (Å²) in [6, 6.07) is 26.2. The van der Waals surface area contributed by atoms with E-state index in [-0.39, 0.29) is 10.6 Å². The van der Waals surface area contributed by atoms with Crippen molar-refractivity contribution >= 4 is 16.6 Å². The van der Waals surface area contributed by atoms with E-state index in [2.05, 4.69) is 11.8 Å². The molecular formula is C22H14N2O2. The molecule has 0 fully saturated rings.